The molecule has 0 aromatic carbocycles. The Morgan fingerprint density at radius 1 is 1.53 bits per heavy atom. The monoisotopic (exact) mass is 212 g/mol. The topological polar surface area (TPSA) is 64.3 Å². The molecule has 2 rings (SSSR count). The van der Waals surface area contributed by atoms with Crippen LogP contribution in [-0.4, -0.2) is 31.7 Å². The van der Waals surface area contributed by atoms with Gasteiger partial charge in [-0.25, -0.2) is 0 Å². The maximum absolute atomic E-state index is 11.7. The molecule has 1 aliphatic carbocycles. The SMILES string of the molecule is CC(CNC(=O)C1COCC1N)C1CC1. The minimum Gasteiger partial charge on any atom is -0.379 e. The first-order valence-electron chi connectivity index (χ1n) is 5.79. The Kier molecular flexibility index (Phi) is 3.26. The third-order valence-electron chi connectivity index (χ3n) is 3.49. The maximum Gasteiger partial charge on any atom is 0.227 e. The summed E-state index contributed by atoms with van der Waals surface area (Å²) in [6, 6.07) is -0.124. The van der Waals surface area contributed by atoms with E-state index >= 15 is 0 Å². The summed E-state index contributed by atoms with van der Waals surface area (Å²) in [6.07, 6.45) is 2.65. The van der Waals surface area contributed by atoms with Crippen molar-refractivity contribution in [3.63, 3.8) is 0 Å². The van der Waals surface area contributed by atoms with Crippen LogP contribution in [0.2, 0.25) is 0 Å². The molecule has 86 valence electrons. The smallest absolute Gasteiger partial charge is 0.227 e. The molecular formula is C11H20N2O2. The molecular weight excluding hydrogens is 192 g/mol. The van der Waals surface area contributed by atoms with Crippen LogP contribution in [0.5, 0.6) is 0 Å². The zero-order chi connectivity index (χ0) is 10.8. The molecule has 1 saturated carbocycles. The van der Waals surface area contributed by atoms with Crippen molar-refractivity contribution in [2.75, 3.05) is 19.8 Å². The van der Waals surface area contributed by atoms with Gasteiger partial charge in [-0.3, -0.25) is 4.79 Å². The lowest BCUT2D eigenvalue weighted by Crippen LogP contribution is -2.42. The van der Waals surface area contributed by atoms with Crippen LogP contribution < -0.4 is 11.1 Å². The first-order chi connectivity index (χ1) is 7.18. The second kappa shape index (κ2) is 4.49. The van der Waals surface area contributed by atoms with Crippen molar-refractivity contribution >= 4 is 5.91 Å². The number of rotatable bonds is 4. The Morgan fingerprint density at radius 3 is 2.80 bits per heavy atom. The summed E-state index contributed by atoms with van der Waals surface area (Å²) in [7, 11) is 0. The Bertz CT molecular complexity index is 241. The van der Waals surface area contributed by atoms with Gasteiger partial charge in [0.1, 0.15) is 0 Å². The van der Waals surface area contributed by atoms with Gasteiger partial charge in [-0.2, -0.15) is 0 Å². The summed E-state index contributed by atoms with van der Waals surface area (Å²) < 4.78 is 5.17. The fourth-order valence-electron chi connectivity index (χ4n) is 2.07. The van der Waals surface area contributed by atoms with Gasteiger partial charge in [0, 0.05) is 12.6 Å². The van der Waals surface area contributed by atoms with E-state index < -0.39 is 0 Å². The predicted octanol–water partition coefficient (Wildman–Crippen LogP) is 0.122. The third-order valence-corrected chi connectivity index (χ3v) is 3.49. The number of amides is 1. The molecule has 3 atom stereocenters. The second-order valence-electron chi connectivity index (χ2n) is 4.87. The molecule has 1 amide bonds. The zero-order valence-electron chi connectivity index (χ0n) is 9.24. The van der Waals surface area contributed by atoms with Crippen LogP contribution in [-0.2, 0) is 9.53 Å². The molecule has 0 bridgehead atoms. The quantitative estimate of drug-likeness (QED) is 0.696. The van der Waals surface area contributed by atoms with E-state index in [-0.39, 0.29) is 17.9 Å². The van der Waals surface area contributed by atoms with E-state index in [4.69, 9.17) is 10.5 Å². The number of carbonyl (C=O) groups excluding carboxylic acids is 1. The van der Waals surface area contributed by atoms with E-state index in [9.17, 15) is 4.79 Å². The molecule has 3 unspecified atom stereocenters. The molecule has 1 saturated heterocycles. The summed E-state index contributed by atoms with van der Waals surface area (Å²) in [5.41, 5.74) is 5.77. The van der Waals surface area contributed by atoms with E-state index in [1.54, 1.807) is 0 Å². The van der Waals surface area contributed by atoms with Crippen molar-refractivity contribution in [3.8, 4) is 0 Å². The Balaban J connectivity index is 1.71. The number of nitrogens with one attached hydrogen (secondary N) is 1. The highest BCUT2D eigenvalue weighted by molar-refractivity contribution is 5.79. The molecule has 15 heavy (non-hydrogen) atoms. The highest BCUT2D eigenvalue weighted by Gasteiger charge is 2.32. The van der Waals surface area contributed by atoms with E-state index in [1.165, 1.54) is 12.8 Å². The predicted molar refractivity (Wildman–Crippen MR) is 57.2 cm³/mol. The van der Waals surface area contributed by atoms with Crippen molar-refractivity contribution in [2.45, 2.75) is 25.8 Å². The lowest BCUT2D eigenvalue weighted by atomic mass is 10.0. The van der Waals surface area contributed by atoms with Gasteiger partial charge in [0.05, 0.1) is 19.1 Å². The summed E-state index contributed by atoms with van der Waals surface area (Å²) in [6.45, 7) is 3.97. The molecule has 3 N–H and O–H groups in total. The van der Waals surface area contributed by atoms with Crippen LogP contribution in [0.3, 0.4) is 0 Å². The average Bonchev–Trinajstić information content (AvgIpc) is 2.98. The fraction of sp³-hybridized carbons (Fsp3) is 0.909. The Morgan fingerprint density at radius 2 is 2.27 bits per heavy atom. The Hall–Kier alpha value is -0.610. The highest BCUT2D eigenvalue weighted by Crippen LogP contribution is 2.36. The van der Waals surface area contributed by atoms with Gasteiger partial charge in [-0.15, -0.1) is 0 Å². The van der Waals surface area contributed by atoms with Gasteiger partial charge in [0.15, 0.2) is 0 Å². The zero-order valence-corrected chi connectivity index (χ0v) is 9.24. The summed E-state index contributed by atoms with van der Waals surface area (Å²) in [5, 5.41) is 2.98. The summed E-state index contributed by atoms with van der Waals surface area (Å²) >= 11 is 0. The van der Waals surface area contributed by atoms with Crippen LogP contribution in [0.25, 0.3) is 0 Å². The van der Waals surface area contributed by atoms with Gasteiger partial charge >= 0.3 is 0 Å². The van der Waals surface area contributed by atoms with Crippen molar-refractivity contribution in [3.05, 3.63) is 0 Å². The third kappa shape index (κ3) is 2.69. The van der Waals surface area contributed by atoms with Crippen LogP contribution in [0.15, 0.2) is 0 Å². The van der Waals surface area contributed by atoms with Crippen LogP contribution >= 0.6 is 0 Å². The van der Waals surface area contributed by atoms with E-state index in [2.05, 4.69) is 12.2 Å². The standard InChI is InChI=1S/C11H20N2O2/c1-7(8-2-3-8)4-13-11(14)9-5-15-6-10(9)12/h7-10H,2-6,12H2,1H3,(H,13,14). The van der Waals surface area contributed by atoms with Crippen molar-refractivity contribution < 1.29 is 9.53 Å². The molecule has 0 aromatic heterocycles. The average molecular weight is 212 g/mol. The number of carbonyl (C=O) groups is 1. The highest BCUT2D eigenvalue weighted by atomic mass is 16.5. The molecule has 2 fully saturated rings. The molecule has 0 radical (unpaired) electrons. The normalized spacial score (nSPS) is 32.7. The number of ether oxygens (including phenoxy) is 1. The molecule has 4 nitrogen and oxygen atoms in total. The lowest BCUT2D eigenvalue weighted by molar-refractivity contribution is -0.125. The van der Waals surface area contributed by atoms with Gasteiger partial charge in [0.2, 0.25) is 5.91 Å². The van der Waals surface area contributed by atoms with Crippen molar-refractivity contribution in [2.24, 2.45) is 23.5 Å². The summed E-state index contributed by atoms with van der Waals surface area (Å²) in [4.78, 5) is 11.7. The van der Waals surface area contributed by atoms with E-state index in [0.717, 1.165) is 12.5 Å². The van der Waals surface area contributed by atoms with Crippen molar-refractivity contribution in [1.29, 1.82) is 0 Å². The molecule has 0 spiro atoms. The number of hydrogen-bond donors (Lipinski definition) is 2. The van der Waals surface area contributed by atoms with Gasteiger partial charge < -0.3 is 15.8 Å². The Labute approximate surface area is 90.5 Å². The van der Waals surface area contributed by atoms with Gasteiger partial charge in [-0.1, -0.05) is 6.92 Å². The van der Waals surface area contributed by atoms with E-state index in [1.807, 2.05) is 0 Å². The lowest BCUT2D eigenvalue weighted by Gasteiger charge is -2.16. The van der Waals surface area contributed by atoms with Crippen LogP contribution in [0.1, 0.15) is 19.8 Å². The second-order valence-corrected chi connectivity index (χ2v) is 4.87. The fourth-order valence-corrected chi connectivity index (χ4v) is 2.07. The van der Waals surface area contributed by atoms with Crippen molar-refractivity contribution in [1.82, 2.24) is 5.32 Å². The number of nitrogens with two attached hydrogens (primary N) is 1. The largest absolute Gasteiger partial charge is 0.379 e. The molecule has 2 aliphatic rings. The molecule has 1 aliphatic heterocycles. The summed E-state index contributed by atoms with van der Waals surface area (Å²) in [5.74, 6) is 1.36. The molecule has 1 heterocycles. The van der Waals surface area contributed by atoms with Crippen LogP contribution in [0.4, 0.5) is 0 Å². The van der Waals surface area contributed by atoms with Gasteiger partial charge in [-0.05, 0) is 24.7 Å². The first kappa shape index (κ1) is 10.9. The van der Waals surface area contributed by atoms with Crippen LogP contribution in [0, 0.1) is 17.8 Å². The number of hydrogen-bond acceptors (Lipinski definition) is 3. The molecule has 4 heteroatoms. The molecule has 0 aromatic rings. The minimum atomic E-state index is -0.142. The first-order valence-corrected chi connectivity index (χ1v) is 5.79. The van der Waals surface area contributed by atoms with E-state index in [0.29, 0.717) is 19.1 Å². The minimum absolute atomic E-state index is 0.0625. The van der Waals surface area contributed by atoms with Gasteiger partial charge in [0.25, 0.3) is 0 Å². The maximum atomic E-state index is 11.7.